The molecular formula is C21H19ClFN3O3. The summed E-state index contributed by atoms with van der Waals surface area (Å²) in [5.41, 5.74) is 1.45. The minimum absolute atomic E-state index is 0.00490. The number of rotatable bonds is 6. The molecule has 8 heteroatoms. The average molecular weight is 416 g/mol. The number of carbonyl (C=O) groups is 2. The molecule has 0 saturated heterocycles. The second-order valence-corrected chi connectivity index (χ2v) is 6.77. The van der Waals surface area contributed by atoms with Crippen molar-refractivity contribution in [2.24, 2.45) is 0 Å². The predicted molar refractivity (Wildman–Crippen MR) is 107 cm³/mol. The summed E-state index contributed by atoms with van der Waals surface area (Å²) < 4.78 is 20.4. The third kappa shape index (κ3) is 4.81. The Morgan fingerprint density at radius 2 is 1.83 bits per heavy atom. The van der Waals surface area contributed by atoms with E-state index in [4.69, 9.17) is 16.3 Å². The number of hydrogen-bond donors (Lipinski definition) is 1. The summed E-state index contributed by atoms with van der Waals surface area (Å²) in [6.45, 7) is 3.41. The largest absolute Gasteiger partial charge is 0.449 e. The SMILES string of the molecule is Cc1nn(Cc2ccccc2)c(Cl)c1C(=O)O[C@@H](C)C(=O)Nc1ccccc1F. The molecule has 29 heavy (non-hydrogen) atoms. The Kier molecular flexibility index (Phi) is 6.29. The van der Waals surface area contributed by atoms with Crippen LogP contribution in [-0.2, 0) is 16.1 Å². The van der Waals surface area contributed by atoms with Crippen LogP contribution in [-0.4, -0.2) is 27.8 Å². The first-order valence-electron chi connectivity index (χ1n) is 8.90. The molecule has 0 spiro atoms. The van der Waals surface area contributed by atoms with Gasteiger partial charge in [0.2, 0.25) is 0 Å². The van der Waals surface area contributed by atoms with Gasteiger partial charge in [0.15, 0.2) is 6.10 Å². The minimum Gasteiger partial charge on any atom is -0.449 e. The number of aromatic nitrogens is 2. The molecule has 0 unspecified atom stereocenters. The molecule has 3 rings (SSSR count). The highest BCUT2D eigenvalue weighted by Gasteiger charge is 2.26. The maximum atomic E-state index is 13.7. The summed E-state index contributed by atoms with van der Waals surface area (Å²) in [6.07, 6.45) is -1.16. The van der Waals surface area contributed by atoms with Crippen LogP contribution in [0.2, 0.25) is 5.15 Å². The Morgan fingerprint density at radius 3 is 2.52 bits per heavy atom. The summed E-state index contributed by atoms with van der Waals surface area (Å²) in [4.78, 5) is 24.8. The second-order valence-electron chi connectivity index (χ2n) is 6.41. The first kappa shape index (κ1) is 20.5. The molecule has 1 amide bonds. The van der Waals surface area contributed by atoms with Gasteiger partial charge in [-0.2, -0.15) is 5.10 Å². The number of hydrogen-bond acceptors (Lipinski definition) is 4. The van der Waals surface area contributed by atoms with Gasteiger partial charge < -0.3 is 10.1 Å². The van der Waals surface area contributed by atoms with E-state index < -0.39 is 23.8 Å². The summed E-state index contributed by atoms with van der Waals surface area (Å²) in [5, 5.41) is 6.80. The molecular weight excluding hydrogens is 397 g/mol. The van der Waals surface area contributed by atoms with Crippen molar-refractivity contribution in [2.75, 3.05) is 5.32 Å². The maximum absolute atomic E-state index is 13.7. The van der Waals surface area contributed by atoms with Crippen molar-refractivity contribution in [2.45, 2.75) is 26.5 Å². The highest BCUT2D eigenvalue weighted by atomic mass is 35.5. The molecule has 0 aliphatic rings. The van der Waals surface area contributed by atoms with Crippen LogP contribution in [0.1, 0.15) is 28.5 Å². The number of nitrogens with zero attached hydrogens (tertiary/aromatic N) is 2. The van der Waals surface area contributed by atoms with Gasteiger partial charge in [0.1, 0.15) is 16.5 Å². The third-order valence-electron chi connectivity index (χ3n) is 4.23. The first-order chi connectivity index (χ1) is 13.9. The lowest BCUT2D eigenvalue weighted by atomic mass is 10.2. The van der Waals surface area contributed by atoms with Gasteiger partial charge in [0.25, 0.3) is 5.91 Å². The van der Waals surface area contributed by atoms with E-state index in [0.29, 0.717) is 12.2 Å². The van der Waals surface area contributed by atoms with Crippen molar-refractivity contribution in [3.8, 4) is 0 Å². The zero-order valence-corrected chi connectivity index (χ0v) is 16.6. The fraction of sp³-hybridized carbons (Fsp3) is 0.190. The Morgan fingerprint density at radius 1 is 1.17 bits per heavy atom. The monoisotopic (exact) mass is 415 g/mol. The van der Waals surface area contributed by atoms with E-state index >= 15 is 0 Å². The van der Waals surface area contributed by atoms with Gasteiger partial charge in [-0.25, -0.2) is 13.9 Å². The highest BCUT2D eigenvalue weighted by molar-refractivity contribution is 6.32. The standard InChI is InChI=1S/C21H19ClFN3O3/c1-13-18(19(22)26(25-13)12-15-8-4-3-5-9-15)21(28)29-14(2)20(27)24-17-11-7-6-10-16(17)23/h3-11,14H,12H2,1-2H3,(H,24,27)/t14-/m0/s1. The van der Waals surface area contributed by atoms with Crippen molar-refractivity contribution < 1.29 is 18.7 Å². The Balaban J connectivity index is 1.70. The number of amides is 1. The lowest BCUT2D eigenvalue weighted by molar-refractivity contribution is -0.123. The van der Waals surface area contributed by atoms with Crippen LogP contribution in [0.25, 0.3) is 0 Å². The fourth-order valence-electron chi connectivity index (χ4n) is 2.72. The number of esters is 1. The Labute approximate surface area is 172 Å². The second kappa shape index (κ2) is 8.87. The zero-order chi connectivity index (χ0) is 21.0. The van der Waals surface area contributed by atoms with Crippen LogP contribution in [0.5, 0.6) is 0 Å². The summed E-state index contributed by atoms with van der Waals surface area (Å²) in [6, 6.07) is 15.2. The number of anilines is 1. The average Bonchev–Trinajstić information content (AvgIpc) is 2.97. The van der Waals surface area contributed by atoms with Crippen LogP contribution in [0.15, 0.2) is 54.6 Å². The van der Waals surface area contributed by atoms with Crippen molar-refractivity contribution in [3.05, 3.63) is 82.4 Å². The van der Waals surface area contributed by atoms with E-state index in [-0.39, 0.29) is 16.4 Å². The lowest BCUT2D eigenvalue weighted by Gasteiger charge is -2.14. The third-order valence-corrected chi connectivity index (χ3v) is 4.61. The van der Waals surface area contributed by atoms with E-state index in [2.05, 4.69) is 10.4 Å². The van der Waals surface area contributed by atoms with Crippen molar-refractivity contribution >= 4 is 29.2 Å². The number of para-hydroxylation sites is 1. The minimum atomic E-state index is -1.16. The van der Waals surface area contributed by atoms with Gasteiger partial charge in [0, 0.05) is 0 Å². The van der Waals surface area contributed by atoms with Gasteiger partial charge in [-0.15, -0.1) is 0 Å². The molecule has 0 radical (unpaired) electrons. The van der Waals surface area contributed by atoms with E-state index in [9.17, 15) is 14.0 Å². The van der Waals surface area contributed by atoms with Gasteiger partial charge >= 0.3 is 5.97 Å². The molecule has 150 valence electrons. The molecule has 0 bridgehead atoms. The topological polar surface area (TPSA) is 73.2 Å². The molecule has 1 aromatic heterocycles. The normalized spacial score (nSPS) is 11.7. The smallest absolute Gasteiger partial charge is 0.343 e. The molecule has 3 aromatic rings. The first-order valence-corrected chi connectivity index (χ1v) is 9.28. The van der Waals surface area contributed by atoms with Crippen LogP contribution in [0, 0.1) is 12.7 Å². The zero-order valence-electron chi connectivity index (χ0n) is 15.9. The summed E-state index contributed by atoms with van der Waals surface area (Å²) in [7, 11) is 0. The summed E-state index contributed by atoms with van der Waals surface area (Å²) in [5.74, 6) is -2.02. The Hall–Kier alpha value is -3.19. The van der Waals surface area contributed by atoms with E-state index in [1.54, 1.807) is 13.0 Å². The van der Waals surface area contributed by atoms with Crippen LogP contribution >= 0.6 is 11.6 Å². The molecule has 1 heterocycles. The number of benzene rings is 2. The van der Waals surface area contributed by atoms with Crippen LogP contribution in [0.4, 0.5) is 10.1 Å². The van der Waals surface area contributed by atoms with E-state index in [1.807, 2.05) is 30.3 Å². The molecule has 0 fully saturated rings. The molecule has 0 aliphatic heterocycles. The number of halogens is 2. The van der Waals surface area contributed by atoms with Gasteiger partial charge in [-0.1, -0.05) is 54.1 Å². The number of nitrogens with one attached hydrogen (secondary N) is 1. The molecule has 2 aromatic carbocycles. The molecule has 6 nitrogen and oxygen atoms in total. The van der Waals surface area contributed by atoms with E-state index in [0.717, 1.165) is 5.56 Å². The predicted octanol–water partition coefficient (Wildman–Crippen LogP) is 4.22. The molecule has 1 atom stereocenters. The quantitative estimate of drug-likeness (QED) is 0.612. The highest BCUT2D eigenvalue weighted by Crippen LogP contribution is 2.23. The van der Waals surface area contributed by atoms with E-state index in [1.165, 1.54) is 29.8 Å². The molecule has 0 aliphatic carbocycles. The van der Waals surface area contributed by atoms with Gasteiger partial charge in [-0.05, 0) is 31.5 Å². The van der Waals surface area contributed by atoms with Crippen molar-refractivity contribution in [1.29, 1.82) is 0 Å². The molecule has 0 saturated carbocycles. The fourth-order valence-corrected chi connectivity index (χ4v) is 3.03. The van der Waals surface area contributed by atoms with Crippen LogP contribution < -0.4 is 5.32 Å². The maximum Gasteiger partial charge on any atom is 0.343 e. The van der Waals surface area contributed by atoms with Gasteiger partial charge in [0.05, 0.1) is 17.9 Å². The number of ether oxygens (including phenoxy) is 1. The van der Waals surface area contributed by atoms with Crippen LogP contribution in [0.3, 0.4) is 0 Å². The lowest BCUT2D eigenvalue weighted by Crippen LogP contribution is -2.30. The van der Waals surface area contributed by atoms with Crippen molar-refractivity contribution in [1.82, 2.24) is 9.78 Å². The number of aryl methyl sites for hydroxylation is 1. The summed E-state index contributed by atoms with van der Waals surface area (Å²) >= 11 is 6.34. The van der Waals surface area contributed by atoms with Crippen molar-refractivity contribution in [3.63, 3.8) is 0 Å². The molecule has 1 N–H and O–H groups in total. The Bertz CT molecular complexity index is 1040. The van der Waals surface area contributed by atoms with Gasteiger partial charge in [-0.3, -0.25) is 4.79 Å². The number of carbonyl (C=O) groups excluding carboxylic acids is 2.